The monoisotopic (exact) mass is 182 g/mol. The first-order chi connectivity index (χ1) is 6.86. The fraction of sp³-hybridized carbons (Fsp3) is 0. The predicted octanol–water partition coefficient (Wildman–Crippen LogP) is 4.15. The Balaban J connectivity index is 2.90. The molecule has 4 heteroatoms. The molecule has 2 aromatic carbocycles. The average molecular weight is 182 g/mol. The molecule has 0 aliphatic heterocycles. The second kappa shape index (κ2) is 3.33. The molecular formula is C10H6N4-2. The van der Waals surface area contributed by atoms with E-state index in [1.807, 2.05) is 0 Å². The number of nitrogens with zero attached hydrogens (tertiary/aromatic N) is 4. The topological polar surface area (TPSA) is 69.3 Å². The molecule has 68 valence electrons. The van der Waals surface area contributed by atoms with Crippen molar-refractivity contribution in [3.8, 4) is 0 Å². The molecule has 4 nitrogen and oxygen atoms in total. The molecule has 0 aliphatic rings. The van der Waals surface area contributed by atoms with Gasteiger partial charge in [0.25, 0.3) is 0 Å². The molecule has 0 radical (unpaired) electrons. The molecule has 0 spiro atoms. The van der Waals surface area contributed by atoms with Gasteiger partial charge in [0, 0.05) is 22.1 Å². The van der Waals surface area contributed by atoms with Crippen LogP contribution in [-0.2, 0) is 0 Å². The second-order valence-electron chi connectivity index (χ2n) is 2.85. The summed E-state index contributed by atoms with van der Waals surface area (Å²) >= 11 is 0. The summed E-state index contributed by atoms with van der Waals surface area (Å²) in [5, 5.41) is 7.81. The third-order valence-electron chi connectivity index (χ3n) is 2.09. The predicted molar refractivity (Wildman–Crippen MR) is 54.8 cm³/mol. The number of rotatable bonds is 2. The first-order valence-electron chi connectivity index (χ1n) is 4.09. The summed E-state index contributed by atoms with van der Waals surface area (Å²) < 4.78 is 0. The van der Waals surface area contributed by atoms with Gasteiger partial charge in [-0.25, -0.2) is 0 Å². The lowest BCUT2D eigenvalue weighted by Gasteiger charge is -2.07. The van der Waals surface area contributed by atoms with Crippen LogP contribution in [0.25, 0.3) is 21.8 Å². The zero-order valence-electron chi connectivity index (χ0n) is 7.25. The van der Waals surface area contributed by atoms with E-state index >= 15 is 0 Å². The van der Waals surface area contributed by atoms with Crippen LogP contribution >= 0.6 is 0 Å². The quantitative estimate of drug-likeness (QED) is 0.626. The molecule has 14 heavy (non-hydrogen) atoms. The van der Waals surface area contributed by atoms with E-state index in [0.717, 1.165) is 10.8 Å². The van der Waals surface area contributed by atoms with Crippen LogP contribution in [-0.4, -0.2) is 0 Å². The van der Waals surface area contributed by atoms with Gasteiger partial charge in [-0.15, -0.1) is 0 Å². The summed E-state index contributed by atoms with van der Waals surface area (Å²) in [6.45, 7) is 0. The first-order valence-corrected chi connectivity index (χ1v) is 4.09. The minimum absolute atomic E-state index is 0.466. The molecule has 2 aromatic rings. The lowest BCUT2D eigenvalue weighted by molar-refractivity contribution is 1.50. The maximum Gasteiger partial charge on any atom is 0.0476 e. The Kier molecular flexibility index (Phi) is 2.02. The molecule has 0 heterocycles. The molecule has 0 amide bonds. The van der Waals surface area contributed by atoms with Gasteiger partial charge in [-0.05, 0) is 12.1 Å². The summed E-state index contributed by atoms with van der Waals surface area (Å²) in [4.78, 5) is 0. The van der Waals surface area contributed by atoms with Gasteiger partial charge < -0.3 is 21.3 Å². The summed E-state index contributed by atoms with van der Waals surface area (Å²) in [5.41, 5.74) is 18.4. The summed E-state index contributed by atoms with van der Waals surface area (Å²) in [7, 11) is 0. The van der Waals surface area contributed by atoms with Crippen LogP contribution in [0.1, 0.15) is 0 Å². The Morgan fingerprint density at radius 2 is 1.14 bits per heavy atom. The molecule has 0 fully saturated rings. The van der Waals surface area contributed by atoms with Gasteiger partial charge in [0.05, 0.1) is 0 Å². The van der Waals surface area contributed by atoms with E-state index in [0.29, 0.717) is 11.4 Å². The Labute approximate surface area is 80.6 Å². The third kappa shape index (κ3) is 1.17. The number of benzene rings is 2. The van der Waals surface area contributed by atoms with Crippen molar-refractivity contribution < 1.29 is 0 Å². The van der Waals surface area contributed by atoms with E-state index in [9.17, 15) is 0 Å². The van der Waals surface area contributed by atoms with Gasteiger partial charge in [0.2, 0.25) is 0 Å². The molecule has 0 saturated carbocycles. The van der Waals surface area contributed by atoms with Gasteiger partial charge in [0.15, 0.2) is 0 Å². The molecular weight excluding hydrogens is 176 g/mol. The van der Waals surface area contributed by atoms with Crippen molar-refractivity contribution in [1.82, 2.24) is 0 Å². The maximum atomic E-state index is 8.73. The Bertz CT molecular complexity index is 457. The van der Waals surface area contributed by atoms with Crippen molar-refractivity contribution in [2.75, 3.05) is 0 Å². The van der Waals surface area contributed by atoms with E-state index in [1.54, 1.807) is 36.4 Å². The van der Waals surface area contributed by atoms with Crippen molar-refractivity contribution in [3.05, 3.63) is 47.5 Å². The molecule has 0 unspecified atom stereocenters. The third-order valence-corrected chi connectivity index (χ3v) is 2.09. The Morgan fingerprint density at radius 3 is 1.50 bits per heavy atom. The van der Waals surface area contributed by atoms with Crippen molar-refractivity contribution in [2.24, 2.45) is 10.2 Å². The van der Waals surface area contributed by atoms with Crippen molar-refractivity contribution in [1.29, 1.82) is 0 Å². The van der Waals surface area contributed by atoms with Gasteiger partial charge in [0.1, 0.15) is 0 Å². The van der Waals surface area contributed by atoms with Crippen LogP contribution in [0.2, 0.25) is 0 Å². The van der Waals surface area contributed by atoms with E-state index in [4.69, 9.17) is 11.1 Å². The van der Waals surface area contributed by atoms with Crippen molar-refractivity contribution in [2.45, 2.75) is 0 Å². The lowest BCUT2D eigenvalue weighted by atomic mass is 10.1. The van der Waals surface area contributed by atoms with Crippen molar-refractivity contribution in [3.63, 3.8) is 0 Å². The summed E-state index contributed by atoms with van der Waals surface area (Å²) in [6.07, 6.45) is 0. The van der Waals surface area contributed by atoms with Crippen LogP contribution in [0.5, 0.6) is 0 Å². The van der Waals surface area contributed by atoms with Crippen LogP contribution in [0.3, 0.4) is 0 Å². The van der Waals surface area contributed by atoms with E-state index in [-0.39, 0.29) is 0 Å². The fourth-order valence-electron chi connectivity index (χ4n) is 1.45. The average Bonchev–Trinajstić information content (AvgIpc) is 2.27. The highest BCUT2D eigenvalue weighted by molar-refractivity contribution is 5.99. The van der Waals surface area contributed by atoms with Gasteiger partial charge in [-0.3, -0.25) is 0 Å². The van der Waals surface area contributed by atoms with Crippen LogP contribution < -0.4 is 0 Å². The second-order valence-corrected chi connectivity index (χ2v) is 2.85. The largest absolute Gasteiger partial charge is 0.706 e. The van der Waals surface area contributed by atoms with Crippen LogP contribution in [0, 0.1) is 0 Å². The summed E-state index contributed by atoms with van der Waals surface area (Å²) in [6, 6.07) is 10.5. The summed E-state index contributed by atoms with van der Waals surface area (Å²) in [5.74, 6) is 0. The van der Waals surface area contributed by atoms with E-state index in [1.165, 1.54) is 0 Å². The van der Waals surface area contributed by atoms with Gasteiger partial charge in [-0.1, -0.05) is 24.3 Å². The van der Waals surface area contributed by atoms with Gasteiger partial charge >= 0.3 is 0 Å². The minimum atomic E-state index is 0.466. The normalized spacial score (nSPS) is 10.0. The standard InChI is InChI=1S/C10H6N4/c11-13-9-5-1-3-7-8(9)4-2-6-10(7)14-12/h1-6H/q-2. The fourth-order valence-corrected chi connectivity index (χ4v) is 1.45. The molecule has 0 atom stereocenters. The van der Waals surface area contributed by atoms with Crippen LogP contribution in [0.15, 0.2) is 46.6 Å². The Morgan fingerprint density at radius 1 is 0.714 bits per heavy atom. The van der Waals surface area contributed by atoms with Gasteiger partial charge in [-0.2, -0.15) is 0 Å². The van der Waals surface area contributed by atoms with E-state index < -0.39 is 0 Å². The molecule has 0 bridgehead atoms. The number of fused-ring (bicyclic) bond motifs is 1. The minimum Gasteiger partial charge on any atom is -0.706 e. The number of hydrogen-bond donors (Lipinski definition) is 0. The smallest absolute Gasteiger partial charge is 0.0476 e. The highest BCUT2D eigenvalue weighted by atomic mass is 15.0. The molecule has 0 aromatic heterocycles. The van der Waals surface area contributed by atoms with E-state index in [2.05, 4.69) is 10.2 Å². The van der Waals surface area contributed by atoms with Crippen molar-refractivity contribution >= 4 is 22.1 Å². The van der Waals surface area contributed by atoms with Crippen LogP contribution in [0.4, 0.5) is 11.4 Å². The highest BCUT2D eigenvalue weighted by Gasteiger charge is 1.99. The Hall–Kier alpha value is -2.10. The lowest BCUT2D eigenvalue weighted by Crippen LogP contribution is -1.73. The highest BCUT2D eigenvalue weighted by Crippen LogP contribution is 2.32. The number of hydrogen-bond acceptors (Lipinski definition) is 2. The molecule has 0 saturated heterocycles. The first kappa shape index (κ1) is 8.50. The molecule has 2 rings (SSSR count). The molecule has 0 aliphatic carbocycles. The zero-order chi connectivity index (χ0) is 9.97. The maximum absolute atomic E-state index is 8.73. The molecule has 0 N–H and O–H groups in total. The zero-order valence-corrected chi connectivity index (χ0v) is 7.25. The SMILES string of the molecule is [N-]=Nc1cccc2c(N=[N-])cccc12.